The lowest BCUT2D eigenvalue weighted by Crippen LogP contribution is -2.48. The molecule has 0 aliphatic heterocycles. The van der Waals surface area contributed by atoms with Crippen LogP contribution in [0.5, 0.6) is 0 Å². The van der Waals surface area contributed by atoms with Crippen molar-refractivity contribution in [1.82, 2.24) is 15.3 Å². The Balaban J connectivity index is 2.28. The van der Waals surface area contributed by atoms with E-state index in [1.807, 2.05) is 33.2 Å². The molecule has 1 unspecified atom stereocenters. The van der Waals surface area contributed by atoms with Crippen molar-refractivity contribution in [3.63, 3.8) is 0 Å². The molecule has 1 atom stereocenters. The van der Waals surface area contributed by atoms with Gasteiger partial charge in [-0.2, -0.15) is 0 Å². The maximum Gasteiger partial charge on any atom is 0.326 e. The van der Waals surface area contributed by atoms with Crippen LogP contribution in [0, 0.1) is 6.92 Å². The highest BCUT2D eigenvalue weighted by Crippen LogP contribution is 2.19. The number of hydrogen-bond acceptors (Lipinski definition) is 6. The predicted octanol–water partition coefficient (Wildman–Crippen LogP) is 2.59. The molecule has 0 amide bonds. The Labute approximate surface area is 131 Å². The lowest BCUT2D eigenvalue weighted by Gasteiger charge is -2.26. The number of rotatable bonds is 9. The van der Waals surface area contributed by atoms with Gasteiger partial charge in [0.2, 0.25) is 0 Å². The van der Waals surface area contributed by atoms with Gasteiger partial charge in [-0.05, 0) is 46.2 Å². The molecule has 0 fully saturated rings. The molecule has 0 aromatic carbocycles. The van der Waals surface area contributed by atoms with Crippen LogP contribution in [0.2, 0.25) is 0 Å². The summed E-state index contributed by atoms with van der Waals surface area (Å²) in [5.74, 6) is 0.771. The summed E-state index contributed by atoms with van der Waals surface area (Å²) in [6.07, 6.45) is 6.38. The number of esters is 1. The van der Waals surface area contributed by atoms with E-state index in [2.05, 4.69) is 15.3 Å². The first-order valence-corrected chi connectivity index (χ1v) is 8.28. The highest BCUT2D eigenvalue weighted by Gasteiger charge is 2.32. The number of unbranched alkanes of at least 4 members (excludes halogenated alkanes) is 1. The summed E-state index contributed by atoms with van der Waals surface area (Å²) in [6.45, 7) is 6.10. The van der Waals surface area contributed by atoms with E-state index in [1.54, 1.807) is 18.8 Å². The van der Waals surface area contributed by atoms with Gasteiger partial charge in [0.1, 0.15) is 5.54 Å². The number of nitrogens with one attached hydrogen (secondary N) is 1. The van der Waals surface area contributed by atoms with Crippen molar-refractivity contribution in [2.75, 3.05) is 19.4 Å². The number of nitrogens with zero attached hydrogens (tertiary/aromatic N) is 2. The molecule has 0 saturated carbocycles. The minimum absolute atomic E-state index is 0.179. The van der Waals surface area contributed by atoms with Crippen LogP contribution in [0.15, 0.2) is 17.6 Å². The van der Waals surface area contributed by atoms with Crippen LogP contribution in [-0.2, 0) is 9.53 Å². The summed E-state index contributed by atoms with van der Waals surface area (Å²) in [6, 6.07) is 0. The standard InChI is InChI=1S/C15H25N3O2S/c1-5-20-13(19)15(3,16-4)8-6-7-9-21-14-17-10-12(2)11-18-14/h10-11,16H,5-9H2,1-4H3. The molecule has 118 valence electrons. The van der Waals surface area contributed by atoms with Gasteiger partial charge >= 0.3 is 5.97 Å². The highest BCUT2D eigenvalue weighted by molar-refractivity contribution is 7.99. The molecule has 6 heteroatoms. The molecule has 0 aliphatic carbocycles. The van der Waals surface area contributed by atoms with Gasteiger partial charge in [0.25, 0.3) is 0 Å². The van der Waals surface area contributed by atoms with Gasteiger partial charge in [-0.15, -0.1) is 0 Å². The molecule has 1 aromatic rings. The number of carbonyl (C=O) groups excluding carboxylic acids is 1. The fourth-order valence-electron chi connectivity index (χ4n) is 1.82. The molecular weight excluding hydrogens is 286 g/mol. The second-order valence-electron chi connectivity index (χ2n) is 5.15. The quantitative estimate of drug-likeness (QED) is 0.327. The first-order valence-electron chi connectivity index (χ1n) is 7.29. The Kier molecular flexibility index (Phi) is 7.67. The van der Waals surface area contributed by atoms with Crippen LogP contribution in [0.25, 0.3) is 0 Å². The van der Waals surface area contributed by atoms with E-state index in [-0.39, 0.29) is 5.97 Å². The summed E-state index contributed by atoms with van der Waals surface area (Å²) in [7, 11) is 1.80. The molecule has 5 nitrogen and oxygen atoms in total. The van der Waals surface area contributed by atoms with Gasteiger partial charge < -0.3 is 10.1 Å². The molecule has 1 rings (SSSR count). The Bertz CT molecular complexity index is 439. The molecule has 1 heterocycles. The highest BCUT2D eigenvalue weighted by atomic mass is 32.2. The fraction of sp³-hybridized carbons (Fsp3) is 0.667. The van der Waals surface area contributed by atoms with Gasteiger partial charge in [-0.3, -0.25) is 4.79 Å². The SMILES string of the molecule is CCOC(=O)C(C)(CCCCSc1ncc(C)cn1)NC. The Morgan fingerprint density at radius 3 is 2.62 bits per heavy atom. The lowest BCUT2D eigenvalue weighted by atomic mass is 9.95. The number of aromatic nitrogens is 2. The van der Waals surface area contributed by atoms with Gasteiger partial charge in [-0.25, -0.2) is 9.97 Å². The Hall–Kier alpha value is -1.14. The largest absolute Gasteiger partial charge is 0.465 e. The van der Waals surface area contributed by atoms with E-state index < -0.39 is 5.54 Å². The summed E-state index contributed by atoms with van der Waals surface area (Å²) in [5, 5.41) is 3.88. The van der Waals surface area contributed by atoms with Crippen molar-refractivity contribution in [3.8, 4) is 0 Å². The smallest absolute Gasteiger partial charge is 0.326 e. The van der Waals surface area contributed by atoms with Crippen molar-refractivity contribution >= 4 is 17.7 Å². The molecule has 0 spiro atoms. The monoisotopic (exact) mass is 311 g/mol. The van der Waals surface area contributed by atoms with Crippen molar-refractivity contribution in [3.05, 3.63) is 18.0 Å². The van der Waals surface area contributed by atoms with E-state index in [4.69, 9.17) is 4.74 Å². The zero-order valence-electron chi connectivity index (χ0n) is 13.3. The number of thioether (sulfide) groups is 1. The molecule has 0 radical (unpaired) electrons. The zero-order chi connectivity index (χ0) is 15.7. The van der Waals surface area contributed by atoms with Crippen LogP contribution in [-0.4, -0.2) is 40.9 Å². The molecule has 0 bridgehead atoms. The van der Waals surface area contributed by atoms with Crippen molar-refractivity contribution < 1.29 is 9.53 Å². The van der Waals surface area contributed by atoms with Crippen LogP contribution >= 0.6 is 11.8 Å². The Morgan fingerprint density at radius 1 is 1.38 bits per heavy atom. The van der Waals surface area contributed by atoms with E-state index in [0.717, 1.165) is 35.7 Å². The van der Waals surface area contributed by atoms with Gasteiger partial charge in [0.15, 0.2) is 5.16 Å². The van der Waals surface area contributed by atoms with Crippen LogP contribution in [0.3, 0.4) is 0 Å². The molecule has 0 aliphatic rings. The third-order valence-electron chi connectivity index (χ3n) is 3.34. The summed E-state index contributed by atoms with van der Waals surface area (Å²) in [4.78, 5) is 20.4. The second-order valence-corrected chi connectivity index (χ2v) is 6.21. The molecule has 0 saturated heterocycles. The maximum atomic E-state index is 11.9. The molecular formula is C15H25N3O2S. The first kappa shape index (κ1) is 17.9. The third kappa shape index (κ3) is 6.01. The van der Waals surface area contributed by atoms with Gasteiger partial charge in [-0.1, -0.05) is 18.2 Å². The second kappa shape index (κ2) is 9.00. The summed E-state index contributed by atoms with van der Waals surface area (Å²) in [5.41, 5.74) is 0.472. The predicted molar refractivity (Wildman–Crippen MR) is 85.4 cm³/mol. The number of hydrogen-bond donors (Lipinski definition) is 1. The van der Waals surface area contributed by atoms with E-state index in [1.165, 1.54) is 0 Å². The van der Waals surface area contributed by atoms with E-state index in [0.29, 0.717) is 6.61 Å². The number of ether oxygens (including phenoxy) is 1. The molecule has 1 aromatic heterocycles. The van der Waals surface area contributed by atoms with Crippen molar-refractivity contribution in [2.24, 2.45) is 0 Å². The van der Waals surface area contributed by atoms with Crippen LogP contribution < -0.4 is 5.32 Å². The number of aryl methyl sites for hydroxylation is 1. The van der Waals surface area contributed by atoms with E-state index >= 15 is 0 Å². The van der Waals surface area contributed by atoms with Gasteiger partial charge in [0.05, 0.1) is 6.61 Å². The fourth-order valence-corrected chi connectivity index (χ4v) is 2.60. The van der Waals surface area contributed by atoms with Crippen LogP contribution in [0.4, 0.5) is 0 Å². The number of carbonyl (C=O) groups is 1. The average Bonchev–Trinajstić information content (AvgIpc) is 2.48. The van der Waals surface area contributed by atoms with Crippen LogP contribution in [0.1, 0.15) is 38.7 Å². The summed E-state index contributed by atoms with van der Waals surface area (Å²) < 4.78 is 5.11. The third-order valence-corrected chi connectivity index (χ3v) is 4.30. The minimum atomic E-state index is -0.596. The normalized spacial score (nSPS) is 13.7. The zero-order valence-corrected chi connectivity index (χ0v) is 14.1. The number of likely N-dealkylation sites (N-methyl/N-ethyl adjacent to an activating group) is 1. The maximum absolute atomic E-state index is 11.9. The topological polar surface area (TPSA) is 64.1 Å². The van der Waals surface area contributed by atoms with E-state index in [9.17, 15) is 4.79 Å². The van der Waals surface area contributed by atoms with Crippen molar-refractivity contribution in [2.45, 2.75) is 50.7 Å². The molecule has 1 N–H and O–H groups in total. The van der Waals surface area contributed by atoms with Gasteiger partial charge in [0, 0.05) is 18.1 Å². The lowest BCUT2D eigenvalue weighted by molar-refractivity contribution is -0.150. The molecule has 21 heavy (non-hydrogen) atoms. The first-order chi connectivity index (χ1) is 10.0. The average molecular weight is 311 g/mol. The van der Waals surface area contributed by atoms with Crippen molar-refractivity contribution in [1.29, 1.82) is 0 Å². The minimum Gasteiger partial charge on any atom is -0.465 e. The Morgan fingerprint density at radius 2 is 2.05 bits per heavy atom. The summed E-state index contributed by atoms with van der Waals surface area (Å²) >= 11 is 1.65.